The van der Waals surface area contributed by atoms with Crippen LogP contribution in [0.3, 0.4) is 0 Å². The summed E-state index contributed by atoms with van der Waals surface area (Å²) in [5.41, 5.74) is 11.8. The number of aryl methyl sites for hydroxylation is 1. The minimum absolute atomic E-state index is 0.181. The maximum absolute atomic E-state index is 12.9. The number of nitrogens with two attached hydrogens (primary N) is 1. The molecular formula is C29H29F3N8S. The van der Waals surface area contributed by atoms with Crippen LogP contribution in [0.2, 0.25) is 0 Å². The van der Waals surface area contributed by atoms with Gasteiger partial charge in [0.15, 0.2) is 0 Å². The Morgan fingerprint density at radius 3 is 2.68 bits per heavy atom. The number of nitrogens with one attached hydrogen (secondary N) is 2. The second-order valence-electron chi connectivity index (χ2n) is 10.6. The number of thiophene rings is 1. The van der Waals surface area contributed by atoms with Crippen LogP contribution in [0, 0.1) is 18.3 Å². The van der Waals surface area contributed by atoms with Crippen LogP contribution in [0.25, 0.3) is 21.1 Å². The van der Waals surface area contributed by atoms with Crippen molar-refractivity contribution < 1.29 is 13.2 Å². The first-order valence-electron chi connectivity index (χ1n) is 13.4. The van der Waals surface area contributed by atoms with Gasteiger partial charge in [0.05, 0.1) is 19.2 Å². The number of piperidine rings is 1. The number of pyridine rings is 1. The van der Waals surface area contributed by atoms with E-state index in [9.17, 15) is 18.4 Å². The van der Waals surface area contributed by atoms with Gasteiger partial charge < -0.3 is 15.6 Å². The molecule has 0 unspecified atom stereocenters. The molecule has 41 heavy (non-hydrogen) atoms. The molecule has 0 aliphatic carbocycles. The van der Waals surface area contributed by atoms with Gasteiger partial charge in [-0.25, -0.2) is 4.98 Å². The summed E-state index contributed by atoms with van der Waals surface area (Å²) in [6.07, 6.45) is 0.158. The fourth-order valence-electron chi connectivity index (χ4n) is 5.69. The van der Waals surface area contributed by atoms with Crippen LogP contribution < -0.4 is 11.1 Å². The molecule has 0 amide bonds. The SMILES string of the molecule is Cc1c(CN2CCC(Nc3cc(N)nc4sc(CC(F)(F)F)cc34)CC2)ccc2c1cc(C#N)n2Cc1cn[nH]c1. The first-order chi connectivity index (χ1) is 19.7. The number of benzene rings is 1. The number of anilines is 2. The fraction of sp³-hybridized carbons (Fsp3) is 0.345. The summed E-state index contributed by atoms with van der Waals surface area (Å²) in [5, 5.41) is 21.9. The number of rotatable bonds is 7. The lowest BCUT2D eigenvalue weighted by atomic mass is 10.0. The zero-order valence-electron chi connectivity index (χ0n) is 22.4. The number of halogens is 3. The van der Waals surface area contributed by atoms with E-state index in [4.69, 9.17) is 5.73 Å². The van der Waals surface area contributed by atoms with E-state index in [0.29, 0.717) is 28.3 Å². The summed E-state index contributed by atoms with van der Waals surface area (Å²) in [5.74, 6) is 0.293. The third-order valence-electron chi connectivity index (χ3n) is 7.77. The molecule has 1 saturated heterocycles. The van der Waals surface area contributed by atoms with Gasteiger partial charge in [-0.15, -0.1) is 11.3 Å². The molecule has 5 aromatic rings. The molecule has 8 nitrogen and oxygen atoms in total. The van der Waals surface area contributed by atoms with Crippen LogP contribution in [0.4, 0.5) is 24.7 Å². The van der Waals surface area contributed by atoms with Crippen molar-refractivity contribution in [3.05, 3.63) is 70.0 Å². The number of aromatic amines is 1. The third-order valence-corrected chi connectivity index (χ3v) is 8.80. The highest BCUT2D eigenvalue weighted by atomic mass is 32.1. The molecule has 1 aliphatic heterocycles. The highest BCUT2D eigenvalue weighted by Crippen LogP contribution is 2.36. The van der Waals surface area contributed by atoms with Crippen molar-refractivity contribution in [2.24, 2.45) is 0 Å². The zero-order valence-corrected chi connectivity index (χ0v) is 23.2. The Balaban J connectivity index is 1.13. The quantitative estimate of drug-likeness (QED) is 0.220. The minimum Gasteiger partial charge on any atom is -0.384 e. The van der Waals surface area contributed by atoms with Crippen LogP contribution in [-0.2, 0) is 19.5 Å². The summed E-state index contributed by atoms with van der Waals surface area (Å²) in [6, 6.07) is 12.0. The lowest BCUT2D eigenvalue weighted by Gasteiger charge is -2.33. The summed E-state index contributed by atoms with van der Waals surface area (Å²) < 4.78 is 40.9. The number of nitrogen functional groups attached to an aromatic ring is 1. The summed E-state index contributed by atoms with van der Waals surface area (Å²) in [6.45, 7) is 5.26. The van der Waals surface area contributed by atoms with E-state index in [1.807, 2.05) is 16.8 Å². The first kappa shape index (κ1) is 27.1. The second kappa shape index (κ2) is 10.7. The molecule has 4 N–H and O–H groups in total. The maximum Gasteiger partial charge on any atom is 0.393 e. The number of fused-ring (bicyclic) bond motifs is 2. The highest BCUT2D eigenvalue weighted by molar-refractivity contribution is 7.18. The van der Waals surface area contributed by atoms with Crippen LogP contribution >= 0.6 is 11.3 Å². The average molecular weight is 579 g/mol. The van der Waals surface area contributed by atoms with Crippen LogP contribution in [0.15, 0.2) is 42.7 Å². The summed E-state index contributed by atoms with van der Waals surface area (Å²) >= 11 is 1.04. The largest absolute Gasteiger partial charge is 0.393 e. The Morgan fingerprint density at radius 2 is 1.98 bits per heavy atom. The summed E-state index contributed by atoms with van der Waals surface area (Å²) in [4.78, 5) is 7.43. The van der Waals surface area contributed by atoms with E-state index in [0.717, 1.165) is 66.0 Å². The predicted molar refractivity (Wildman–Crippen MR) is 155 cm³/mol. The van der Waals surface area contributed by atoms with E-state index in [1.54, 1.807) is 18.3 Å². The van der Waals surface area contributed by atoms with Crippen LogP contribution in [0.5, 0.6) is 0 Å². The normalized spacial score (nSPS) is 15.1. The Morgan fingerprint density at radius 1 is 1.17 bits per heavy atom. The molecule has 0 spiro atoms. The molecule has 1 aromatic carbocycles. The molecule has 0 atom stereocenters. The van der Waals surface area contributed by atoms with Crippen molar-refractivity contribution >= 4 is 44.0 Å². The van der Waals surface area contributed by atoms with E-state index >= 15 is 0 Å². The number of likely N-dealkylation sites (tertiary alicyclic amines) is 1. The van der Waals surface area contributed by atoms with Crippen molar-refractivity contribution in [3.8, 4) is 6.07 Å². The molecule has 5 heterocycles. The molecule has 0 radical (unpaired) electrons. The smallest absolute Gasteiger partial charge is 0.384 e. The monoisotopic (exact) mass is 578 g/mol. The van der Waals surface area contributed by atoms with E-state index in [1.165, 1.54) is 11.1 Å². The fourth-order valence-corrected chi connectivity index (χ4v) is 6.78. The number of nitrogens with zero attached hydrogens (tertiary/aromatic N) is 5. The average Bonchev–Trinajstić information content (AvgIpc) is 3.65. The van der Waals surface area contributed by atoms with E-state index in [2.05, 4.69) is 50.5 Å². The van der Waals surface area contributed by atoms with Crippen LogP contribution in [-0.4, -0.2) is 50.0 Å². The standard InChI is InChI=1S/C29H29F3N8S/c1-17-19(2-3-26-23(17)8-21(12-33)40(26)15-18-13-35-36-14-18)16-39-6-4-20(5-7-39)37-25-10-27(34)38-28-24(25)9-22(41-28)11-29(30,31)32/h2-3,8-10,13-14,20H,4-7,11,15-16H2,1H3,(H,35,36)(H3,34,37,38). The number of hydrogen-bond acceptors (Lipinski definition) is 7. The van der Waals surface area contributed by atoms with Gasteiger partial charge in [-0.05, 0) is 49.1 Å². The predicted octanol–water partition coefficient (Wildman–Crippen LogP) is 5.97. The van der Waals surface area contributed by atoms with Gasteiger partial charge in [-0.3, -0.25) is 10.00 Å². The maximum atomic E-state index is 12.9. The van der Waals surface area contributed by atoms with E-state index in [-0.39, 0.29) is 10.9 Å². The Kier molecular flexibility index (Phi) is 7.09. The van der Waals surface area contributed by atoms with Gasteiger partial charge in [0.1, 0.15) is 22.4 Å². The lowest BCUT2D eigenvalue weighted by molar-refractivity contribution is -0.126. The first-order valence-corrected chi connectivity index (χ1v) is 14.2. The van der Waals surface area contributed by atoms with Crippen molar-refractivity contribution in [1.82, 2.24) is 24.6 Å². The minimum atomic E-state index is -4.27. The lowest BCUT2D eigenvalue weighted by Crippen LogP contribution is -2.38. The van der Waals surface area contributed by atoms with Crippen molar-refractivity contribution in [2.45, 2.75) is 51.5 Å². The number of hydrogen-bond donors (Lipinski definition) is 3. The molecule has 0 saturated carbocycles. The molecule has 12 heteroatoms. The van der Waals surface area contributed by atoms with Crippen molar-refractivity contribution in [1.29, 1.82) is 5.26 Å². The van der Waals surface area contributed by atoms with Crippen molar-refractivity contribution in [3.63, 3.8) is 0 Å². The van der Waals surface area contributed by atoms with Gasteiger partial charge >= 0.3 is 6.18 Å². The molecule has 1 fully saturated rings. The molecule has 4 aromatic heterocycles. The van der Waals surface area contributed by atoms with Gasteiger partial charge in [0, 0.05) is 70.4 Å². The number of aromatic nitrogens is 4. The molecule has 6 rings (SSSR count). The highest BCUT2D eigenvalue weighted by Gasteiger charge is 2.29. The van der Waals surface area contributed by atoms with Gasteiger partial charge in [0.2, 0.25) is 0 Å². The zero-order chi connectivity index (χ0) is 28.7. The molecule has 0 bridgehead atoms. The van der Waals surface area contributed by atoms with Gasteiger partial charge in [-0.2, -0.15) is 23.5 Å². The van der Waals surface area contributed by atoms with Gasteiger partial charge in [0.25, 0.3) is 0 Å². The Hall–Kier alpha value is -4.08. The second-order valence-corrected chi connectivity index (χ2v) is 11.7. The molecule has 1 aliphatic rings. The third kappa shape index (κ3) is 5.73. The van der Waals surface area contributed by atoms with Crippen LogP contribution in [0.1, 0.15) is 40.1 Å². The number of nitriles is 1. The molecular weight excluding hydrogens is 549 g/mol. The number of alkyl halides is 3. The topological polar surface area (TPSA) is 112 Å². The Bertz CT molecular complexity index is 1740. The summed E-state index contributed by atoms with van der Waals surface area (Å²) in [7, 11) is 0. The molecule has 212 valence electrons. The van der Waals surface area contributed by atoms with Crippen molar-refractivity contribution in [2.75, 3.05) is 24.1 Å². The number of H-pyrrole nitrogens is 1. The van der Waals surface area contributed by atoms with E-state index < -0.39 is 12.6 Å². The van der Waals surface area contributed by atoms with Gasteiger partial charge in [-0.1, -0.05) is 6.07 Å². The Labute approximate surface area is 238 Å².